The molecule has 4 rings (SSSR count). The first-order valence-corrected chi connectivity index (χ1v) is 8.71. The molecular weight excluding hydrogens is 332 g/mol. The maximum Gasteiger partial charge on any atom is 0.195 e. The van der Waals surface area contributed by atoms with Crippen molar-refractivity contribution in [3.63, 3.8) is 0 Å². The molecule has 2 aromatic carbocycles. The van der Waals surface area contributed by atoms with Gasteiger partial charge >= 0.3 is 0 Å². The summed E-state index contributed by atoms with van der Waals surface area (Å²) in [4.78, 5) is 18.6. The van der Waals surface area contributed by atoms with Gasteiger partial charge in [0, 0.05) is 10.4 Å². The summed E-state index contributed by atoms with van der Waals surface area (Å²) in [5.74, 6) is 0.776. The normalized spacial score (nSPS) is 11.0. The number of aryl methyl sites for hydroxylation is 1. The predicted octanol–water partition coefficient (Wildman–Crippen LogP) is 4.86. The molecule has 0 fully saturated rings. The number of benzene rings is 2. The summed E-state index contributed by atoms with van der Waals surface area (Å²) in [6, 6.07) is 17.7. The van der Waals surface area contributed by atoms with Crippen molar-refractivity contribution >= 4 is 22.6 Å². The summed E-state index contributed by atoms with van der Waals surface area (Å²) in [6.07, 6.45) is 0.887. The van der Waals surface area contributed by atoms with Crippen LogP contribution in [-0.2, 0) is 0 Å². The standard InChI is InChI=1S/C20H16N2O2S/c1-13-19(15-6-4-3-5-7-15)22-17(12-23)18(21-20(22)25-13)14-8-10-16(24-2)11-9-14/h3-12H,1-2H3. The highest BCUT2D eigenvalue weighted by molar-refractivity contribution is 7.17. The van der Waals surface area contributed by atoms with Crippen molar-refractivity contribution in [2.45, 2.75) is 6.92 Å². The minimum atomic E-state index is 0.573. The third-order valence-electron chi connectivity index (χ3n) is 4.21. The van der Waals surface area contributed by atoms with Crippen LogP contribution < -0.4 is 4.74 Å². The Hall–Kier alpha value is -2.92. The van der Waals surface area contributed by atoms with Gasteiger partial charge in [0.2, 0.25) is 0 Å². The summed E-state index contributed by atoms with van der Waals surface area (Å²) in [5.41, 5.74) is 4.27. The fourth-order valence-corrected chi connectivity index (χ4v) is 4.03. The SMILES string of the molecule is COc1ccc(-c2nc3sc(C)c(-c4ccccc4)n3c2C=O)cc1. The molecule has 2 aromatic heterocycles. The quantitative estimate of drug-likeness (QED) is 0.495. The first-order chi connectivity index (χ1) is 12.2. The maximum absolute atomic E-state index is 11.9. The minimum Gasteiger partial charge on any atom is -0.497 e. The number of nitrogens with zero attached hydrogens (tertiary/aromatic N) is 2. The van der Waals surface area contributed by atoms with Crippen molar-refractivity contribution < 1.29 is 9.53 Å². The van der Waals surface area contributed by atoms with E-state index in [9.17, 15) is 4.79 Å². The number of aldehydes is 1. The van der Waals surface area contributed by atoms with E-state index < -0.39 is 0 Å². The van der Waals surface area contributed by atoms with Crippen LogP contribution in [0.5, 0.6) is 5.75 Å². The Kier molecular flexibility index (Phi) is 3.86. The number of carbonyl (C=O) groups excluding carboxylic acids is 1. The van der Waals surface area contributed by atoms with Crippen molar-refractivity contribution in [3.8, 4) is 28.3 Å². The zero-order valence-corrected chi connectivity index (χ0v) is 14.7. The average Bonchev–Trinajstić information content (AvgIpc) is 3.16. The second kappa shape index (κ2) is 6.18. The molecule has 5 heteroatoms. The first kappa shape index (κ1) is 15.6. The van der Waals surface area contributed by atoms with Crippen LogP contribution in [0.3, 0.4) is 0 Å². The van der Waals surface area contributed by atoms with Gasteiger partial charge in [-0.3, -0.25) is 9.20 Å². The van der Waals surface area contributed by atoms with Gasteiger partial charge in [0.15, 0.2) is 11.2 Å². The van der Waals surface area contributed by atoms with E-state index in [1.807, 2.05) is 46.9 Å². The number of hydrogen-bond acceptors (Lipinski definition) is 4. The fraction of sp³-hybridized carbons (Fsp3) is 0.100. The number of methoxy groups -OCH3 is 1. The molecule has 0 spiro atoms. The van der Waals surface area contributed by atoms with Gasteiger partial charge in [0.1, 0.15) is 17.1 Å². The van der Waals surface area contributed by atoms with E-state index in [1.165, 1.54) is 0 Å². The molecule has 0 N–H and O–H groups in total. The third kappa shape index (κ3) is 2.53. The smallest absolute Gasteiger partial charge is 0.195 e. The molecule has 0 saturated heterocycles. The molecule has 0 bridgehead atoms. The lowest BCUT2D eigenvalue weighted by atomic mass is 10.1. The largest absolute Gasteiger partial charge is 0.497 e. The first-order valence-electron chi connectivity index (χ1n) is 7.90. The van der Waals surface area contributed by atoms with Gasteiger partial charge in [-0.05, 0) is 36.8 Å². The average molecular weight is 348 g/mol. The molecule has 0 radical (unpaired) electrons. The Morgan fingerprint density at radius 2 is 1.76 bits per heavy atom. The highest BCUT2D eigenvalue weighted by Crippen LogP contribution is 2.35. The Bertz CT molecular complexity index is 1050. The molecule has 0 saturated carbocycles. The van der Waals surface area contributed by atoms with Gasteiger partial charge in [-0.15, -0.1) is 11.3 Å². The van der Waals surface area contributed by atoms with Crippen molar-refractivity contribution in [1.29, 1.82) is 0 Å². The molecular formula is C20H16N2O2S. The van der Waals surface area contributed by atoms with E-state index in [1.54, 1.807) is 18.4 Å². The van der Waals surface area contributed by atoms with Crippen LogP contribution in [0.25, 0.3) is 27.5 Å². The van der Waals surface area contributed by atoms with Crippen molar-refractivity contribution in [3.05, 3.63) is 65.2 Å². The lowest BCUT2D eigenvalue weighted by Crippen LogP contribution is -1.95. The molecule has 4 aromatic rings. The van der Waals surface area contributed by atoms with E-state index in [2.05, 4.69) is 19.1 Å². The molecule has 124 valence electrons. The number of ether oxygens (including phenoxy) is 1. The van der Waals surface area contributed by atoms with Gasteiger partial charge < -0.3 is 4.74 Å². The molecule has 0 unspecified atom stereocenters. The van der Waals surface area contributed by atoms with Crippen LogP contribution in [0, 0.1) is 6.92 Å². The van der Waals surface area contributed by atoms with Crippen molar-refractivity contribution in [2.75, 3.05) is 7.11 Å². The van der Waals surface area contributed by atoms with E-state index in [-0.39, 0.29) is 0 Å². The van der Waals surface area contributed by atoms with E-state index >= 15 is 0 Å². The number of carbonyl (C=O) groups is 1. The van der Waals surface area contributed by atoms with Crippen LogP contribution >= 0.6 is 11.3 Å². The van der Waals surface area contributed by atoms with Gasteiger partial charge in [0.05, 0.1) is 12.8 Å². The number of imidazole rings is 1. The number of thiazole rings is 1. The number of aromatic nitrogens is 2. The topological polar surface area (TPSA) is 43.6 Å². The maximum atomic E-state index is 11.9. The number of fused-ring (bicyclic) bond motifs is 1. The monoisotopic (exact) mass is 348 g/mol. The second-order valence-corrected chi connectivity index (χ2v) is 6.86. The van der Waals surface area contributed by atoms with Crippen LogP contribution in [0.4, 0.5) is 0 Å². The van der Waals surface area contributed by atoms with Gasteiger partial charge in [-0.25, -0.2) is 4.98 Å². The van der Waals surface area contributed by atoms with Crippen molar-refractivity contribution in [2.24, 2.45) is 0 Å². The van der Waals surface area contributed by atoms with Gasteiger partial charge in [-0.2, -0.15) is 0 Å². The minimum absolute atomic E-state index is 0.573. The number of hydrogen-bond donors (Lipinski definition) is 0. The Morgan fingerprint density at radius 1 is 1.04 bits per heavy atom. The van der Waals surface area contributed by atoms with Gasteiger partial charge in [0.25, 0.3) is 0 Å². The highest BCUT2D eigenvalue weighted by atomic mass is 32.1. The van der Waals surface area contributed by atoms with Crippen LogP contribution in [0.2, 0.25) is 0 Å². The van der Waals surface area contributed by atoms with Crippen LogP contribution in [0.1, 0.15) is 15.4 Å². The molecule has 4 nitrogen and oxygen atoms in total. The molecule has 0 aliphatic heterocycles. The zero-order valence-electron chi connectivity index (χ0n) is 13.9. The summed E-state index contributed by atoms with van der Waals surface area (Å²) >= 11 is 1.59. The lowest BCUT2D eigenvalue weighted by Gasteiger charge is -2.05. The van der Waals surface area contributed by atoms with Crippen LogP contribution in [-0.4, -0.2) is 22.8 Å². The molecule has 0 atom stereocenters. The van der Waals surface area contributed by atoms with E-state index in [0.29, 0.717) is 11.4 Å². The zero-order chi connectivity index (χ0) is 17.4. The second-order valence-electron chi connectivity index (χ2n) is 5.68. The molecule has 0 aliphatic carbocycles. The summed E-state index contributed by atoms with van der Waals surface area (Å²) in [7, 11) is 1.63. The Labute approximate surface area is 149 Å². The fourth-order valence-electron chi connectivity index (χ4n) is 3.04. The molecule has 0 amide bonds. The number of rotatable bonds is 4. The van der Waals surface area contributed by atoms with E-state index in [0.717, 1.165) is 38.7 Å². The summed E-state index contributed by atoms with van der Waals surface area (Å²) in [6.45, 7) is 2.06. The predicted molar refractivity (Wildman–Crippen MR) is 101 cm³/mol. The Balaban J connectivity index is 1.96. The molecule has 25 heavy (non-hydrogen) atoms. The summed E-state index contributed by atoms with van der Waals surface area (Å²) in [5, 5.41) is 0. The lowest BCUT2D eigenvalue weighted by molar-refractivity contribution is 0.111. The Morgan fingerprint density at radius 3 is 2.40 bits per heavy atom. The molecule has 2 heterocycles. The van der Waals surface area contributed by atoms with Crippen molar-refractivity contribution in [1.82, 2.24) is 9.38 Å². The van der Waals surface area contributed by atoms with E-state index in [4.69, 9.17) is 9.72 Å². The molecule has 0 aliphatic rings. The highest BCUT2D eigenvalue weighted by Gasteiger charge is 2.20. The third-order valence-corrected chi connectivity index (χ3v) is 5.16. The van der Waals surface area contributed by atoms with Gasteiger partial charge in [-0.1, -0.05) is 30.3 Å². The summed E-state index contributed by atoms with van der Waals surface area (Å²) < 4.78 is 7.17. The van der Waals surface area contributed by atoms with Crippen LogP contribution in [0.15, 0.2) is 54.6 Å².